The van der Waals surface area contributed by atoms with Crippen molar-refractivity contribution in [1.82, 2.24) is 0 Å². The van der Waals surface area contributed by atoms with Gasteiger partial charge in [-0.2, -0.15) is 0 Å². The van der Waals surface area contributed by atoms with Crippen LogP contribution in [0.4, 0.5) is 0 Å². The lowest BCUT2D eigenvalue weighted by Crippen LogP contribution is -2.32. The van der Waals surface area contributed by atoms with Gasteiger partial charge in [0.2, 0.25) is 0 Å². The van der Waals surface area contributed by atoms with E-state index in [-0.39, 0.29) is 17.3 Å². The summed E-state index contributed by atoms with van der Waals surface area (Å²) in [5, 5.41) is 0. The van der Waals surface area contributed by atoms with Crippen LogP contribution in [0.5, 0.6) is 0 Å². The van der Waals surface area contributed by atoms with Gasteiger partial charge in [-0.1, -0.05) is 276 Å². The Kier molecular flexibility index (Phi) is 16.5. The van der Waals surface area contributed by atoms with Crippen molar-refractivity contribution in [1.29, 1.82) is 0 Å². The molecule has 11 rings (SSSR count). The van der Waals surface area contributed by atoms with Gasteiger partial charge in [-0.15, -0.1) is 0 Å². The van der Waals surface area contributed by atoms with Gasteiger partial charge >= 0.3 is 0 Å². The topological polar surface area (TPSA) is 0 Å². The van der Waals surface area contributed by atoms with Gasteiger partial charge in [-0.05, 0) is 159 Å². The minimum Gasteiger partial charge on any atom is -0.0991 e. The van der Waals surface area contributed by atoms with E-state index in [2.05, 4.69) is 245 Å². The fourth-order valence-corrected chi connectivity index (χ4v) is 12.1. The Balaban J connectivity index is 0.00000164. The van der Waals surface area contributed by atoms with Gasteiger partial charge in [-0.25, -0.2) is 0 Å². The molecule has 0 heteroatoms. The van der Waals surface area contributed by atoms with E-state index >= 15 is 0 Å². The van der Waals surface area contributed by atoms with E-state index in [4.69, 9.17) is 0 Å². The Morgan fingerprint density at radius 3 is 1.99 bits per heavy atom. The third-order valence-electron chi connectivity index (χ3n) is 15.3. The van der Waals surface area contributed by atoms with Crippen LogP contribution in [-0.4, -0.2) is 0 Å². The number of benzene rings is 7. The lowest BCUT2D eigenvalue weighted by atomic mass is 9.62. The summed E-state index contributed by atoms with van der Waals surface area (Å²) in [4.78, 5) is 0. The standard InChI is InChI=1S/C70H60.2C2H6/c1-4-5-6-10-26-55-46-54(39-42-62(55)61-35-18-17-23-50(61)3)53-28-21-29-56(45-53)63-41-38-49(2)44-66(63)69(57-30-22-27-52(47-57)51-24-11-7-12-25-51)58-40-43-65-64-36-19-20-37-67(64)70(68(65)48-58,59-31-13-8-14-32-59)60-33-15-9-16-34-60;2*1-2/h4-15,17-19,21-33,35-36,38-43,45-48,66,69H,1,16,20,34,37,44H2,2-3H3;2*1-2H3/b6-5-,26-10-;;. The van der Waals surface area contributed by atoms with E-state index in [1.54, 1.807) is 5.57 Å². The van der Waals surface area contributed by atoms with E-state index in [0.29, 0.717) is 0 Å². The van der Waals surface area contributed by atoms with Crippen LogP contribution in [-0.2, 0) is 5.41 Å². The molecule has 0 N–H and O–H groups in total. The largest absolute Gasteiger partial charge is 0.0991 e. The molecule has 0 aromatic heterocycles. The molecule has 4 aliphatic rings. The maximum atomic E-state index is 3.88. The second-order valence-corrected chi connectivity index (χ2v) is 19.5. The number of allylic oxidation sites excluding steroid dienone is 16. The Morgan fingerprint density at radius 2 is 1.22 bits per heavy atom. The van der Waals surface area contributed by atoms with E-state index < -0.39 is 0 Å². The normalized spacial score (nSPS) is 18.0. The van der Waals surface area contributed by atoms with Crippen molar-refractivity contribution in [2.45, 2.75) is 85.0 Å². The maximum Gasteiger partial charge on any atom is 0.0639 e. The number of hydrogen-bond donors (Lipinski definition) is 0. The van der Waals surface area contributed by atoms with Crippen molar-refractivity contribution < 1.29 is 0 Å². The Labute approximate surface area is 443 Å². The lowest BCUT2D eigenvalue weighted by Gasteiger charge is -2.40. The zero-order valence-corrected chi connectivity index (χ0v) is 44.5. The number of hydrogen-bond acceptors (Lipinski definition) is 0. The predicted molar refractivity (Wildman–Crippen MR) is 322 cm³/mol. The lowest BCUT2D eigenvalue weighted by molar-refractivity contribution is 0.572. The number of fused-ring (bicyclic) bond motifs is 2. The Morgan fingerprint density at radius 1 is 0.541 bits per heavy atom. The average Bonchev–Trinajstić information content (AvgIpc) is 3.78. The van der Waals surface area contributed by atoms with Gasteiger partial charge in [0.1, 0.15) is 0 Å². The van der Waals surface area contributed by atoms with Crippen LogP contribution in [0.15, 0.2) is 260 Å². The zero-order chi connectivity index (χ0) is 51.4. The molecule has 0 radical (unpaired) electrons. The molecule has 0 heterocycles. The molecule has 4 aliphatic carbocycles. The quantitative estimate of drug-likeness (QED) is 0.107. The van der Waals surface area contributed by atoms with Gasteiger partial charge in [0.05, 0.1) is 5.41 Å². The van der Waals surface area contributed by atoms with E-state index in [9.17, 15) is 0 Å². The van der Waals surface area contributed by atoms with Crippen LogP contribution in [0, 0.1) is 12.8 Å². The molecule has 0 spiro atoms. The third kappa shape index (κ3) is 10.1. The first-order chi connectivity index (χ1) is 36.5. The molecule has 0 amide bonds. The average molecular weight is 961 g/mol. The summed E-state index contributed by atoms with van der Waals surface area (Å²) < 4.78 is 0. The summed E-state index contributed by atoms with van der Waals surface area (Å²) in [7, 11) is 0. The smallest absolute Gasteiger partial charge is 0.0639 e. The van der Waals surface area contributed by atoms with E-state index in [1.807, 2.05) is 45.9 Å². The van der Waals surface area contributed by atoms with Crippen molar-refractivity contribution in [3.63, 3.8) is 0 Å². The summed E-state index contributed by atoms with van der Waals surface area (Å²) in [5.41, 5.74) is 25.0. The van der Waals surface area contributed by atoms with Gasteiger partial charge in [0, 0.05) is 5.92 Å². The summed E-state index contributed by atoms with van der Waals surface area (Å²) >= 11 is 0. The third-order valence-corrected chi connectivity index (χ3v) is 15.3. The zero-order valence-electron chi connectivity index (χ0n) is 44.5. The highest BCUT2D eigenvalue weighted by Gasteiger charge is 2.49. The molecule has 7 aromatic rings. The van der Waals surface area contributed by atoms with Gasteiger partial charge in [0.15, 0.2) is 0 Å². The SMILES string of the molecule is C=C/C=C\C=C/c1cc(-c2cccc(C3=CC=C(C)CC3C(c3cccc(-c4ccccc4)c3)c3ccc4c(c3)C(C3=CC=CCC3)(c3ccccc3)C3=C4C=CCC3)c2)ccc1-c1ccccc1C.CC.CC. The molecule has 368 valence electrons. The molecule has 74 heavy (non-hydrogen) atoms. The van der Waals surface area contributed by atoms with Crippen molar-refractivity contribution in [2.24, 2.45) is 5.92 Å². The van der Waals surface area contributed by atoms with E-state index in [1.165, 1.54) is 100 Å². The molecule has 3 atom stereocenters. The first kappa shape index (κ1) is 51.1. The van der Waals surface area contributed by atoms with Crippen LogP contribution >= 0.6 is 0 Å². The highest BCUT2D eigenvalue weighted by Crippen LogP contribution is 2.60. The number of aryl methyl sites for hydroxylation is 1. The first-order valence-corrected chi connectivity index (χ1v) is 27.3. The van der Waals surface area contributed by atoms with Crippen molar-refractivity contribution >= 4 is 17.2 Å². The molecule has 0 nitrogen and oxygen atoms in total. The van der Waals surface area contributed by atoms with E-state index in [0.717, 1.165) is 32.1 Å². The fourth-order valence-electron chi connectivity index (χ4n) is 12.1. The summed E-state index contributed by atoms with van der Waals surface area (Å²) in [6.45, 7) is 16.4. The minimum absolute atomic E-state index is 0.0724. The highest BCUT2D eigenvalue weighted by molar-refractivity contribution is 5.91. The van der Waals surface area contributed by atoms with Crippen molar-refractivity contribution in [3.05, 3.63) is 305 Å². The predicted octanol–water partition coefficient (Wildman–Crippen LogP) is 20.7. The summed E-state index contributed by atoms with van der Waals surface area (Å²) in [6.07, 6.45) is 32.1. The van der Waals surface area contributed by atoms with Gasteiger partial charge < -0.3 is 0 Å². The van der Waals surface area contributed by atoms with Crippen molar-refractivity contribution in [3.8, 4) is 33.4 Å². The number of rotatable bonds is 12. The molecule has 3 unspecified atom stereocenters. The summed E-state index contributed by atoms with van der Waals surface area (Å²) in [5.74, 6) is 0.248. The second kappa shape index (κ2) is 23.8. The molecule has 7 aromatic carbocycles. The highest BCUT2D eigenvalue weighted by atomic mass is 14.5. The fraction of sp³-hybridized carbons (Fsp3) is 0.189. The monoisotopic (exact) mass is 961 g/mol. The Bertz CT molecular complexity index is 3370. The van der Waals surface area contributed by atoms with Gasteiger partial charge in [0.25, 0.3) is 0 Å². The molecular weight excluding hydrogens is 889 g/mol. The molecule has 0 saturated heterocycles. The molecule has 0 bridgehead atoms. The van der Waals surface area contributed by atoms with Crippen molar-refractivity contribution in [2.75, 3.05) is 0 Å². The second-order valence-electron chi connectivity index (χ2n) is 19.5. The Hall–Kier alpha value is -7.80. The van der Waals surface area contributed by atoms with Crippen LogP contribution in [0.25, 0.3) is 50.6 Å². The van der Waals surface area contributed by atoms with Gasteiger partial charge in [-0.3, -0.25) is 0 Å². The first-order valence-electron chi connectivity index (χ1n) is 27.3. The minimum atomic E-state index is -0.325. The summed E-state index contributed by atoms with van der Waals surface area (Å²) in [6, 6.07) is 64.4. The molecule has 0 aliphatic heterocycles. The van der Waals surface area contributed by atoms with Crippen LogP contribution in [0.1, 0.15) is 117 Å². The molecule has 0 fully saturated rings. The van der Waals surface area contributed by atoms with Crippen LogP contribution in [0.3, 0.4) is 0 Å². The molecular formula is C74H72. The van der Waals surface area contributed by atoms with Crippen LogP contribution < -0.4 is 0 Å². The molecule has 0 saturated carbocycles. The maximum absolute atomic E-state index is 3.88. The van der Waals surface area contributed by atoms with Crippen LogP contribution in [0.2, 0.25) is 0 Å².